The number of allylic oxidation sites excluding steroid dienone is 2. The number of aromatic nitrogens is 2. The van der Waals surface area contributed by atoms with Crippen LogP contribution in [0.3, 0.4) is 0 Å². The van der Waals surface area contributed by atoms with Gasteiger partial charge in [-0.2, -0.15) is 0 Å². The second-order valence-corrected chi connectivity index (χ2v) is 4.95. The maximum Gasteiger partial charge on any atom is 0.171 e. The molecule has 0 fully saturated rings. The Morgan fingerprint density at radius 3 is 2.89 bits per heavy atom. The van der Waals surface area contributed by atoms with Crippen molar-refractivity contribution >= 4 is 27.6 Å². The number of rotatable bonds is 3. The van der Waals surface area contributed by atoms with Crippen LogP contribution in [0.15, 0.2) is 41.6 Å². The van der Waals surface area contributed by atoms with E-state index in [0.717, 1.165) is 12.1 Å². The van der Waals surface area contributed by atoms with Crippen molar-refractivity contribution in [1.29, 1.82) is 0 Å². The molecule has 0 radical (unpaired) electrons. The zero-order valence-electron chi connectivity index (χ0n) is 10.2. The molecular weight excluding hydrogens is 292 g/mol. The normalized spacial score (nSPS) is 21.9. The van der Waals surface area contributed by atoms with Gasteiger partial charge in [0.15, 0.2) is 11.6 Å². The van der Waals surface area contributed by atoms with Crippen LogP contribution in [0.2, 0.25) is 0 Å². The van der Waals surface area contributed by atoms with Crippen molar-refractivity contribution in [2.45, 2.75) is 18.9 Å². The van der Waals surface area contributed by atoms with Crippen molar-refractivity contribution < 1.29 is 0 Å². The molecule has 1 aliphatic rings. The van der Waals surface area contributed by atoms with Crippen LogP contribution in [-0.2, 0) is 0 Å². The lowest BCUT2D eigenvalue weighted by atomic mass is 9.91. The fourth-order valence-electron chi connectivity index (χ4n) is 1.76. The molecule has 0 saturated heterocycles. The van der Waals surface area contributed by atoms with E-state index in [0.29, 0.717) is 16.2 Å². The summed E-state index contributed by atoms with van der Waals surface area (Å²) in [5.41, 5.74) is 6.30. The molecule has 0 aliphatic heterocycles. The number of halogens is 1. The van der Waals surface area contributed by atoms with Crippen LogP contribution in [0, 0.1) is 6.92 Å². The van der Waals surface area contributed by atoms with Crippen molar-refractivity contribution in [3.63, 3.8) is 0 Å². The first-order valence-electron chi connectivity index (χ1n) is 5.62. The van der Waals surface area contributed by atoms with Gasteiger partial charge in [0.05, 0.1) is 11.2 Å². The van der Waals surface area contributed by atoms with Crippen molar-refractivity contribution in [3.8, 4) is 0 Å². The maximum atomic E-state index is 5.89. The van der Waals surface area contributed by atoms with Gasteiger partial charge in [-0.3, -0.25) is 0 Å². The molecule has 0 saturated carbocycles. The average molecular weight is 307 g/mol. The molecule has 1 atom stereocenters. The molecule has 3 N–H and O–H groups in total. The third-order valence-corrected chi connectivity index (χ3v) is 3.60. The molecule has 1 aromatic rings. The van der Waals surface area contributed by atoms with Gasteiger partial charge >= 0.3 is 0 Å². The lowest BCUT2D eigenvalue weighted by Gasteiger charge is -2.30. The standard InChI is InChI=1S/C13H15BrN4/c1-3-13(7-5-4-6-8-13)18-12-11(15)16-9(2)10(14)17-12/h3-7H,1,8H2,2H3,(H2,15,16)(H,17,18)/t13-/m0/s1. The first-order valence-corrected chi connectivity index (χ1v) is 6.41. The molecule has 4 nitrogen and oxygen atoms in total. The third kappa shape index (κ3) is 2.46. The summed E-state index contributed by atoms with van der Waals surface area (Å²) >= 11 is 3.36. The van der Waals surface area contributed by atoms with Gasteiger partial charge in [-0.05, 0) is 29.3 Å². The summed E-state index contributed by atoms with van der Waals surface area (Å²) in [6, 6.07) is 0. The van der Waals surface area contributed by atoms with Gasteiger partial charge in [0.25, 0.3) is 0 Å². The summed E-state index contributed by atoms with van der Waals surface area (Å²) in [6.07, 6.45) is 10.7. The summed E-state index contributed by atoms with van der Waals surface area (Å²) < 4.78 is 0.689. The number of nitrogen functional groups attached to an aromatic ring is 1. The van der Waals surface area contributed by atoms with Crippen molar-refractivity contribution in [2.24, 2.45) is 0 Å². The Morgan fingerprint density at radius 1 is 1.50 bits per heavy atom. The van der Waals surface area contributed by atoms with Gasteiger partial charge in [0.1, 0.15) is 4.60 Å². The van der Waals surface area contributed by atoms with E-state index < -0.39 is 0 Å². The minimum atomic E-state index is -0.355. The zero-order valence-corrected chi connectivity index (χ0v) is 11.7. The van der Waals surface area contributed by atoms with Crippen molar-refractivity contribution in [1.82, 2.24) is 9.97 Å². The highest BCUT2D eigenvalue weighted by Gasteiger charge is 2.24. The van der Waals surface area contributed by atoms with Crippen LogP contribution in [0.4, 0.5) is 11.6 Å². The molecule has 1 aliphatic carbocycles. The van der Waals surface area contributed by atoms with E-state index in [9.17, 15) is 0 Å². The number of nitrogens with one attached hydrogen (secondary N) is 1. The number of hydrogen-bond donors (Lipinski definition) is 2. The van der Waals surface area contributed by atoms with E-state index in [4.69, 9.17) is 5.73 Å². The van der Waals surface area contributed by atoms with Crippen LogP contribution < -0.4 is 11.1 Å². The van der Waals surface area contributed by atoms with Crippen LogP contribution in [0.25, 0.3) is 0 Å². The molecule has 18 heavy (non-hydrogen) atoms. The minimum absolute atomic E-state index is 0.355. The smallest absolute Gasteiger partial charge is 0.171 e. The molecule has 0 unspecified atom stereocenters. The summed E-state index contributed by atoms with van der Waals surface area (Å²) in [5, 5.41) is 3.30. The highest BCUT2D eigenvalue weighted by molar-refractivity contribution is 9.10. The van der Waals surface area contributed by atoms with Crippen LogP contribution in [0.1, 0.15) is 12.1 Å². The second-order valence-electron chi connectivity index (χ2n) is 4.19. The highest BCUT2D eigenvalue weighted by atomic mass is 79.9. The van der Waals surface area contributed by atoms with E-state index in [2.05, 4.69) is 43.9 Å². The summed E-state index contributed by atoms with van der Waals surface area (Å²) in [7, 11) is 0. The number of anilines is 2. The number of hydrogen-bond acceptors (Lipinski definition) is 4. The van der Waals surface area contributed by atoms with Gasteiger partial charge in [-0.25, -0.2) is 9.97 Å². The number of nitrogens with zero attached hydrogens (tertiary/aromatic N) is 2. The van der Waals surface area contributed by atoms with E-state index in [1.54, 1.807) is 0 Å². The second kappa shape index (κ2) is 4.94. The van der Waals surface area contributed by atoms with E-state index in [-0.39, 0.29) is 5.54 Å². The maximum absolute atomic E-state index is 5.89. The molecule has 2 rings (SSSR count). The SMILES string of the molecule is C=C[C@]1(Nc2nc(Br)c(C)nc2N)C=CC=CC1. The molecule has 5 heteroatoms. The lowest BCUT2D eigenvalue weighted by Crippen LogP contribution is -2.35. The molecular formula is C13H15BrN4. The molecule has 1 aromatic heterocycles. The Morgan fingerprint density at radius 2 is 2.28 bits per heavy atom. The average Bonchev–Trinajstić information content (AvgIpc) is 2.37. The van der Waals surface area contributed by atoms with E-state index >= 15 is 0 Å². The Balaban J connectivity index is 2.33. The zero-order chi connectivity index (χ0) is 13.2. The predicted octanol–water partition coefficient (Wildman–Crippen LogP) is 2.98. The Bertz CT molecular complexity index is 536. The topological polar surface area (TPSA) is 63.8 Å². The van der Waals surface area contributed by atoms with Gasteiger partial charge in [-0.15, -0.1) is 6.58 Å². The van der Waals surface area contributed by atoms with E-state index in [1.165, 1.54) is 0 Å². The highest BCUT2D eigenvalue weighted by Crippen LogP contribution is 2.27. The Labute approximate surface area is 115 Å². The number of nitrogens with two attached hydrogens (primary N) is 1. The quantitative estimate of drug-likeness (QED) is 0.843. The number of aryl methyl sites for hydroxylation is 1. The molecule has 0 bridgehead atoms. The molecule has 0 amide bonds. The Kier molecular flexibility index (Phi) is 3.52. The fourth-order valence-corrected chi connectivity index (χ4v) is 2.03. The molecule has 94 valence electrons. The molecule has 0 spiro atoms. The van der Waals surface area contributed by atoms with Crippen LogP contribution in [-0.4, -0.2) is 15.5 Å². The summed E-state index contributed by atoms with van der Waals surface area (Å²) in [4.78, 5) is 8.61. The minimum Gasteiger partial charge on any atom is -0.381 e. The predicted molar refractivity (Wildman–Crippen MR) is 78.3 cm³/mol. The fraction of sp³-hybridized carbons (Fsp3) is 0.231. The first kappa shape index (κ1) is 12.8. The molecule has 1 heterocycles. The van der Waals surface area contributed by atoms with Crippen molar-refractivity contribution in [2.75, 3.05) is 11.1 Å². The van der Waals surface area contributed by atoms with E-state index in [1.807, 2.05) is 31.2 Å². The van der Waals surface area contributed by atoms with Gasteiger partial charge < -0.3 is 11.1 Å². The van der Waals surface area contributed by atoms with Gasteiger partial charge in [-0.1, -0.05) is 30.4 Å². The monoisotopic (exact) mass is 306 g/mol. The van der Waals surface area contributed by atoms with Crippen molar-refractivity contribution in [3.05, 3.63) is 47.3 Å². The largest absolute Gasteiger partial charge is 0.381 e. The van der Waals surface area contributed by atoms with Crippen LogP contribution >= 0.6 is 15.9 Å². The Hall–Kier alpha value is -1.62. The summed E-state index contributed by atoms with van der Waals surface area (Å²) in [5.74, 6) is 0.951. The first-order chi connectivity index (χ1) is 8.56. The lowest BCUT2D eigenvalue weighted by molar-refractivity contribution is 0.710. The third-order valence-electron chi connectivity index (χ3n) is 2.85. The van der Waals surface area contributed by atoms with Crippen LogP contribution in [0.5, 0.6) is 0 Å². The molecule has 0 aromatic carbocycles. The summed E-state index contributed by atoms with van der Waals surface area (Å²) in [6.45, 7) is 5.72. The van der Waals surface area contributed by atoms with Gasteiger partial charge in [0, 0.05) is 0 Å². The van der Waals surface area contributed by atoms with Gasteiger partial charge in [0.2, 0.25) is 0 Å².